The number of esters is 1. The van der Waals surface area contributed by atoms with Gasteiger partial charge in [0, 0.05) is 30.6 Å². The standard InChI is InChI=1S/C46H59N7O10/c1-33-19-20-48-41(30-33)53(45(57)63-46(2,3)4)22-9-14-42(54)50-40(32-62-29-28-61-27-26-60-25-24-59-23-21-49-52-47)44(56)51-39(31-43(55)58-5)36-17-15-35(16-18-36)38-13-8-11-34-10-6-7-12-37(34)38/h6-8,10-13,15-20,30,39-40H,9,14,21-29,31-32H2,1-5H3,(H,50,54)(H,51,56)/t39-,40+/m1/s1. The number of carbonyl (C=O) groups is 4. The third kappa shape index (κ3) is 17.7. The molecule has 0 radical (unpaired) electrons. The molecule has 0 aliphatic carbocycles. The number of azide groups is 1. The van der Waals surface area contributed by atoms with Gasteiger partial charge >= 0.3 is 12.1 Å². The molecule has 0 unspecified atom stereocenters. The Kier molecular flexibility index (Phi) is 20.8. The third-order valence-corrected chi connectivity index (χ3v) is 9.36. The Morgan fingerprint density at radius 2 is 1.51 bits per heavy atom. The monoisotopic (exact) mass is 869 g/mol. The second-order valence-corrected chi connectivity index (χ2v) is 15.4. The smallest absolute Gasteiger partial charge is 0.416 e. The van der Waals surface area contributed by atoms with Crippen LogP contribution in [0.1, 0.15) is 57.2 Å². The van der Waals surface area contributed by atoms with Gasteiger partial charge in [-0.25, -0.2) is 9.78 Å². The Hall–Kier alpha value is -6.10. The van der Waals surface area contributed by atoms with Crippen molar-refractivity contribution in [2.45, 2.75) is 64.6 Å². The molecule has 1 heterocycles. The summed E-state index contributed by atoms with van der Waals surface area (Å²) in [6, 6.07) is 23.4. The summed E-state index contributed by atoms with van der Waals surface area (Å²) < 4.78 is 32.8. The van der Waals surface area contributed by atoms with E-state index in [0.29, 0.717) is 37.8 Å². The van der Waals surface area contributed by atoms with Gasteiger partial charge in [0.05, 0.1) is 72.4 Å². The van der Waals surface area contributed by atoms with E-state index in [9.17, 15) is 19.2 Å². The van der Waals surface area contributed by atoms with Gasteiger partial charge < -0.3 is 39.1 Å². The summed E-state index contributed by atoms with van der Waals surface area (Å²) in [4.78, 5) is 61.8. The molecule has 4 aromatic rings. The van der Waals surface area contributed by atoms with Crippen molar-refractivity contribution in [1.29, 1.82) is 0 Å². The van der Waals surface area contributed by atoms with Crippen molar-refractivity contribution in [3.8, 4) is 11.1 Å². The third-order valence-electron chi connectivity index (χ3n) is 9.36. The van der Waals surface area contributed by atoms with Gasteiger partial charge in [-0.3, -0.25) is 19.3 Å². The van der Waals surface area contributed by atoms with Crippen molar-refractivity contribution in [3.63, 3.8) is 0 Å². The normalized spacial score (nSPS) is 12.1. The van der Waals surface area contributed by atoms with Crippen LogP contribution < -0.4 is 15.5 Å². The molecule has 1 aromatic heterocycles. The lowest BCUT2D eigenvalue weighted by atomic mass is 9.95. The van der Waals surface area contributed by atoms with Crippen molar-refractivity contribution in [2.24, 2.45) is 5.11 Å². The van der Waals surface area contributed by atoms with Gasteiger partial charge in [-0.15, -0.1) is 0 Å². The summed E-state index contributed by atoms with van der Waals surface area (Å²) in [6.07, 6.45) is 1.01. The summed E-state index contributed by atoms with van der Waals surface area (Å²) in [7, 11) is 1.28. The van der Waals surface area contributed by atoms with Gasteiger partial charge in [0.15, 0.2) is 0 Å². The molecule has 0 saturated heterocycles. The van der Waals surface area contributed by atoms with Crippen LogP contribution in [0, 0.1) is 6.92 Å². The molecule has 0 bridgehead atoms. The molecule has 0 spiro atoms. The number of methoxy groups -OCH3 is 1. The first-order valence-corrected chi connectivity index (χ1v) is 20.9. The molecule has 0 aliphatic rings. The topological polar surface area (TPSA) is 213 Å². The average Bonchev–Trinajstić information content (AvgIpc) is 3.26. The number of anilines is 1. The highest BCUT2D eigenvalue weighted by Gasteiger charge is 2.28. The lowest BCUT2D eigenvalue weighted by Crippen LogP contribution is -2.50. The second kappa shape index (κ2) is 26.4. The maximum absolute atomic E-state index is 14.0. The Bertz CT molecular complexity index is 2120. The largest absolute Gasteiger partial charge is 0.469 e. The van der Waals surface area contributed by atoms with Crippen LogP contribution in [0.3, 0.4) is 0 Å². The van der Waals surface area contributed by atoms with Crippen molar-refractivity contribution >= 4 is 40.5 Å². The summed E-state index contributed by atoms with van der Waals surface area (Å²) >= 11 is 0. The lowest BCUT2D eigenvalue weighted by molar-refractivity contribution is -0.141. The van der Waals surface area contributed by atoms with Gasteiger partial charge in [-0.05, 0) is 84.8 Å². The Labute approximate surface area is 368 Å². The van der Waals surface area contributed by atoms with Gasteiger partial charge in [0.2, 0.25) is 11.8 Å². The molecular formula is C46H59N7O10. The number of hydrogen-bond acceptors (Lipinski definition) is 12. The van der Waals surface area contributed by atoms with Gasteiger partial charge in [-0.1, -0.05) is 71.8 Å². The van der Waals surface area contributed by atoms with E-state index in [4.69, 9.17) is 34.0 Å². The average molecular weight is 870 g/mol. The maximum atomic E-state index is 14.0. The van der Waals surface area contributed by atoms with Gasteiger partial charge in [-0.2, -0.15) is 0 Å². The minimum atomic E-state index is -1.16. The van der Waals surface area contributed by atoms with Gasteiger partial charge in [0.25, 0.3) is 0 Å². The van der Waals surface area contributed by atoms with E-state index in [1.54, 1.807) is 33.0 Å². The molecule has 0 aliphatic heterocycles. The maximum Gasteiger partial charge on any atom is 0.416 e. The minimum absolute atomic E-state index is 0.0436. The number of aryl methyl sites for hydroxylation is 1. The Balaban J connectivity index is 1.41. The number of aromatic nitrogens is 1. The van der Waals surface area contributed by atoms with Crippen molar-refractivity contribution in [1.82, 2.24) is 15.6 Å². The zero-order valence-electron chi connectivity index (χ0n) is 36.7. The molecule has 17 nitrogen and oxygen atoms in total. The number of amides is 3. The van der Waals surface area contributed by atoms with E-state index in [1.807, 2.05) is 61.5 Å². The first-order valence-electron chi connectivity index (χ1n) is 20.9. The van der Waals surface area contributed by atoms with E-state index < -0.39 is 41.6 Å². The fraction of sp³-hybridized carbons (Fsp3) is 0.457. The van der Waals surface area contributed by atoms with Crippen LogP contribution in [0.15, 0.2) is 90.2 Å². The Morgan fingerprint density at radius 1 is 0.841 bits per heavy atom. The van der Waals surface area contributed by atoms with Crippen molar-refractivity contribution in [3.05, 3.63) is 107 Å². The molecule has 3 amide bonds. The number of nitrogens with one attached hydrogen (secondary N) is 2. The van der Waals surface area contributed by atoms with Crippen LogP contribution in [0.2, 0.25) is 0 Å². The molecule has 3 aromatic carbocycles. The molecule has 2 atom stereocenters. The van der Waals surface area contributed by atoms with Crippen molar-refractivity contribution < 1.29 is 47.6 Å². The summed E-state index contributed by atoms with van der Waals surface area (Å²) in [5.74, 6) is -1.18. The quantitative estimate of drug-likeness (QED) is 0.0215. The summed E-state index contributed by atoms with van der Waals surface area (Å²) in [5.41, 5.74) is 11.1. The van der Waals surface area contributed by atoms with Crippen LogP contribution in [-0.2, 0) is 42.8 Å². The first kappa shape index (κ1) is 49.6. The number of carbonyl (C=O) groups excluding carboxylic acids is 4. The van der Waals surface area contributed by atoms with Crippen LogP contribution in [0.5, 0.6) is 0 Å². The number of ether oxygens (including phenoxy) is 6. The number of nitrogens with zero attached hydrogens (tertiary/aromatic N) is 5. The van der Waals surface area contributed by atoms with Crippen LogP contribution in [0.25, 0.3) is 32.3 Å². The molecule has 17 heteroatoms. The van der Waals surface area contributed by atoms with E-state index in [2.05, 4.69) is 43.8 Å². The molecule has 63 heavy (non-hydrogen) atoms. The van der Waals surface area contributed by atoms with Crippen LogP contribution in [-0.4, -0.2) is 114 Å². The highest BCUT2D eigenvalue weighted by molar-refractivity contribution is 5.96. The summed E-state index contributed by atoms with van der Waals surface area (Å²) in [6.45, 7) is 9.26. The highest BCUT2D eigenvalue weighted by Crippen LogP contribution is 2.30. The number of fused-ring (bicyclic) bond motifs is 1. The number of benzene rings is 3. The number of hydrogen-bond donors (Lipinski definition) is 2. The van der Waals surface area contributed by atoms with Crippen molar-refractivity contribution in [2.75, 3.05) is 78.0 Å². The van der Waals surface area contributed by atoms with E-state index in [1.165, 1.54) is 12.0 Å². The van der Waals surface area contributed by atoms with Crippen LogP contribution in [0.4, 0.5) is 10.6 Å². The summed E-state index contributed by atoms with van der Waals surface area (Å²) in [5, 5.41) is 11.3. The van der Waals surface area contributed by atoms with E-state index in [-0.39, 0.29) is 58.8 Å². The predicted molar refractivity (Wildman–Crippen MR) is 238 cm³/mol. The fourth-order valence-corrected chi connectivity index (χ4v) is 6.29. The van der Waals surface area contributed by atoms with E-state index in [0.717, 1.165) is 27.5 Å². The SMILES string of the molecule is COC(=O)C[C@@H](NC(=O)[C@H](COCCOCCOCCOCCN=[N+]=[N-])NC(=O)CCCN(C(=O)OC(C)(C)C)c1cc(C)ccn1)c1ccc(-c2cccc3ccccc23)cc1. The fourth-order valence-electron chi connectivity index (χ4n) is 6.29. The van der Waals surface area contributed by atoms with Crippen LogP contribution >= 0.6 is 0 Å². The highest BCUT2D eigenvalue weighted by atomic mass is 16.6. The molecule has 0 saturated carbocycles. The molecule has 2 N–H and O–H groups in total. The molecule has 338 valence electrons. The zero-order chi connectivity index (χ0) is 45.5. The lowest BCUT2D eigenvalue weighted by Gasteiger charge is -2.27. The number of pyridine rings is 1. The van der Waals surface area contributed by atoms with Gasteiger partial charge in [0.1, 0.15) is 17.5 Å². The first-order chi connectivity index (χ1) is 30.4. The molecule has 4 rings (SSSR count). The number of rotatable bonds is 26. The predicted octanol–water partition coefficient (Wildman–Crippen LogP) is 7.01. The second-order valence-electron chi connectivity index (χ2n) is 15.4. The minimum Gasteiger partial charge on any atom is -0.469 e. The molecular weight excluding hydrogens is 811 g/mol. The zero-order valence-corrected chi connectivity index (χ0v) is 36.7. The Morgan fingerprint density at radius 3 is 2.17 bits per heavy atom. The molecule has 0 fully saturated rings. The van der Waals surface area contributed by atoms with E-state index >= 15 is 0 Å².